The van der Waals surface area contributed by atoms with Crippen molar-refractivity contribution in [3.63, 3.8) is 0 Å². The lowest BCUT2D eigenvalue weighted by atomic mass is 10.1. The number of aromatic nitrogens is 2. The molecular weight excluding hydrogens is 338 g/mol. The van der Waals surface area contributed by atoms with Gasteiger partial charge < -0.3 is 9.84 Å². The maximum Gasteiger partial charge on any atom is 0.0929 e. The summed E-state index contributed by atoms with van der Waals surface area (Å²) in [4.78, 5) is 2.25. The van der Waals surface area contributed by atoms with Gasteiger partial charge in [0, 0.05) is 25.2 Å². The predicted octanol–water partition coefficient (Wildman–Crippen LogP) is 2.91. The Morgan fingerprint density at radius 1 is 0.889 bits per heavy atom. The molecule has 3 aromatic rings. The zero-order valence-electron chi connectivity index (χ0n) is 15.4. The topological polar surface area (TPSA) is 50.5 Å². The van der Waals surface area contributed by atoms with Crippen molar-refractivity contribution >= 4 is 0 Å². The lowest BCUT2D eigenvalue weighted by molar-refractivity contribution is 0.0109. The Hall–Kier alpha value is -2.47. The summed E-state index contributed by atoms with van der Waals surface area (Å²) < 4.78 is 7.32. The zero-order chi connectivity index (χ0) is 18.5. The van der Waals surface area contributed by atoms with Gasteiger partial charge in [0.1, 0.15) is 0 Å². The van der Waals surface area contributed by atoms with Crippen molar-refractivity contribution in [2.24, 2.45) is 0 Å². The van der Waals surface area contributed by atoms with Crippen LogP contribution in [-0.4, -0.2) is 58.7 Å². The fourth-order valence-corrected chi connectivity index (χ4v) is 3.49. The highest BCUT2D eigenvalue weighted by Crippen LogP contribution is 2.26. The molecule has 0 saturated carbocycles. The van der Waals surface area contributed by atoms with Gasteiger partial charge in [-0.15, -0.1) is 0 Å². The van der Waals surface area contributed by atoms with Gasteiger partial charge in [-0.3, -0.25) is 9.58 Å². The molecule has 1 aromatic heterocycles. The van der Waals surface area contributed by atoms with E-state index < -0.39 is 6.10 Å². The molecule has 1 aliphatic heterocycles. The third-order valence-corrected chi connectivity index (χ3v) is 4.88. The molecular formula is C22H25N3O2. The molecule has 0 spiro atoms. The third kappa shape index (κ3) is 4.45. The normalized spacial score (nSPS) is 16.3. The number of β-amino-alcohol motifs (C(OH)–C–C–N with tert-alkyl or cyclic N) is 1. The van der Waals surface area contributed by atoms with E-state index in [-0.39, 0.29) is 0 Å². The van der Waals surface area contributed by atoms with Crippen molar-refractivity contribution in [2.45, 2.75) is 12.6 Å². The average molecular weight is 363 g/mol. The van der Waals surface area contributed by atoms with E-state index in [1.165, 1.54) is 0 Å². The maximum atomic E-state index is 10.7. The van der Waals surface area contributed by atoms with Gasteiger partial charge in [-0.05, 0) is 11.6 Å². The van der Waals surface area contributed by atoms with Gasteiger partial charge in [-0.2, -0.15) is 5.10 Å². The van der Waals surface area contributed by atoms with Crippen LogP contribution in [0.4, 0.5) is 0 Å². The second-order valence-electron chi connectivity index (χ2n) is 6.90. The van der Waals surface area contributed by atoms with Crippen molar-refractivity contribution in [3.05, 3.63) is 66.7 Å². The Balaban J connectivity index is 1.59. The van der Waals surface area contributed by atoms with Crippen LogP contribution >= 0.6 is 0 Å². The standard InChI is InChI=1S/C22H25N3O2/c26-20(16-24-11-13-27-14-12-24)17-25-22(19-9-5-2-6-10-19)15-21(23-25)18-7-3-1-4-8-18/h1-10,15,20,26H,11-14,16-17H2. The molecule has 5 heteroatoms. The fourth-order valence-electron chi connectivity index (χ4n) is 3.49. The van der Waals surface area contributed by atoms with Gasteiger partial charge in [-0.25, -0.2) is 0 Å². The minimum atomic E-state index is -0.478. The van der Waals surface area contributed by atoms with Crippen molar-refractivity contribution < 1.29 is 9.84 Å². The molecule has 1 unspecified atom stereocenters. The van der Waals surface area contributed by atoms with Crippen LogP contribution in [0.25, 0.3) is 22.5 Å². The average Bonchev–Trinajstić information content (AvgIpc) is 3.14. The molecule has 1 fully saturated rings. The number of morpholine rings is 1. The first-order chi connectivity index (χ1) is 13.3. The third-order valence-electron chi connectivity index (χ3n) is 4.88. The monoisotopic (exact) mass is 363 g/mol. The zero-order valence-corrected chi connectivity index (χ0v) is 15.4. The predicted molar refractivity (Wildman–Crippen MR) is 106 cm³/mol. The van der Waals surface area contributed by atoms with Crippen LogP contribution in [-0.2, 0) is 11.3 Å². The Morgan fingerprint density at radius 2 is 1.52 bits per heavy atom. The van der Waals surface area contributed by atoms with Crippen LogP contribution in [0, 0.1) is 0 Å². The van der Waals surface area contributed by atoms with Crippen LogP contribution in [0.2, 0.25) is 0 Å². The molecule has 1 atom stereocenters. The smallest absolute Gasteiger partial charge is 0.0929 e. The largest absolute Gasteiger partial charge is 0.390 e. The Bertz CT molecular complexity index is 843. The highest BCUT2D eigenvalue weighted by molar-refractivity contribution is 5.68. The summed E-state index contributed by atoms with van der Waals surface area (Å²) in [6.07, 6.45) is -0.478. The SMILES string of the molecule is OC(CN1CCOCC1)Cn1nc(-c2ccccc2)cc1-c1ccccc1. The number of benzene rings is 2. The minimum absolute atomic E-state index is 0.467. The maximum absolute atomic E-state index is 10.7. The molecule has 27 heavy (non-hydrogen) atoms. The number of ether oxygens (including phenoxy) is 1. The Labute approximate surface area is 159 Å². The number of rotatable bonds is 6. The van der Waals surface area contributed by atoms with Crippen LogP contribution in [0.15, 0.2) is 66.7 Å². The molecule has 0 aliphatic carbocycles. The van der Waals surface area contributed by atoms with E-state index in [2.05, 4.69) is 35.2 Å². The van der Waals surface area contributed by atoms with E-state index in [9.17, 15) is 5.11 Å². The van der Waals surface area contributed by atoms with E-state index in [4.69, 9.17) is 9.84 Å². The van der Waals surface area contributed by atoms with Gasteiger partial charge in [0.25, 0.3) is 0 Å². The summed E-state index contributed by atoms with van der Waals surface area (Å²) in [5.74, 6) is 0. The second kappa shape index (κ2) is 8.48. The van der Waals surface area contributed by atoms with E-state index in [0.717, 1.165) is 48.8 Å². The summed E-state index contributed by atoms with van der Waals surface area (Å²) >= 11 is 0. The van der Waals surface area contributed by atoms with Crippen LogP contribution in [0.3, 0.4) is 0 Å². The molecule has 1 N–H and O–H groups in total. The van der Waals surface area contributed by atoms with E-state index >= 15 is 0 Å². The van der Waals surface area contributed by atoms with Crippen LogP contribution < -0.4 is 0 Å². The fraction of sp³-hybridized carbons (Fsp3) is 0.318. The van der Waals surface area contributed by atoms with E-state index in [0.29, 0.717) is 13.1 Å². The molecule has 2 aromatic carbocycles. The molecule has 0 amide bonds. The highest BCUT2D eigenvalue weighted by Gasteiger charge is 2.18. The Morgan fingerprint density at radius 3 is 2.19 bits per heavy atom. The van der Waals surface area contributed by atoms with E-state index in [1.54, 1.807) is 0 Å². The molecule has 2 heterocycles. The van der Waals surface area contributed by atoms with Gasteiger partial charge in [0.2, 0.25) is 0 Å². The van der Waals surface area contributed by atoms with Gasteiger partial charge in [0.05, 0.1) is 37.3 Å². The second-order valence-corrected chi connectivity index (χ2v) is 6.90. The van der Waals surface area contributed by atoms with Crippen molar-refractivity contribution in [1.29, 1.82) is 0 Å². The van der Waals surface area contributed by atoms with Crippen molar-refractivity contribution in [1.82, 2.24) is 14.7 Å². The molecule has 0 radical (unpaired) electrons. The van der Waals surface area contributed by atoms with Gasteiger partial charge in [0.15, 0.2) is 0 Å². The quantitative estimate of drug-likeness (QED) is 0.732. The summed E-state index contributed by atoms with van der Waals surface area (Å²) in [5.41, 5.74) is 4.13. The van der Waals surface area contributed by atoms with Crippen LogP contribution in [0.5, 0.6) is 0 Å². The molecule has 4 rings (SSSR count). The first-order valence-electron chi connectivity index (χ1n) is 9.46. The highest BCUT2D eigenvalue weighted by atomic mass is 16.5. The Kier molecular flexibility index (Phi) is 5.63. The van der Waals surface area contributed by atoms with Crippen LogP contribution in [0.1, 0.15) is 0 Å². The van der Waals surface area contributed by atoms with E-state index in [1.807, 2.05) is 41.1 Å². The van der Waals surface area contributed by atoms with Gasteiger partial charge in [-0.1, -0.05) is 60.7 Å². The minimum Gasteiger partial charge on any atom is -0.390 e. The molecule has 0 bridgehead atoms. The van der Waals surface area contributed by atoms with Crippen molar-refractivity contribution in [2.75, 3.05) is 32.8 Å². The lowest BCUT2D eigenvalue weighted by Crippen LogP contribution is -2.42. The number of aliphatic hydroxyl groups is 1. The molecule has 1 aliphatic rings. The van der Waals surface area contributed by atoms with Crippen molar-refractivity contribution in [3.8, 4) is 22.5 Å². The number of hydrogen-bond donors (Lipinski definition) is 1. The molecule has 140 valence electrons. The molecule has 5 nitrogen and oxygen atoms in total. The number of nitrogens with zero attached hydrogens (tertiary/aromatic N) is 3. The first-order valence-corrected chi connectivity index (χ1v) is 9.46. The lowest BCUT2D eigenvalue weighted by Gasteiger charge is -2.28. The summed E-state index contributed by atoms with van der Waals surface area (Å²) in [5, 5.41) is 15.5. The number of hydrogen-bond acceptors (Lipinski definition) is 4. The first kappa shape index (κ1) is 17.9. The summed E-state index contributed by atoms with van der Waals surface area (Å²) in [6.45, 7) is 4.32. The molecule has 1 saturated heterocycles. The summed E-state index contributed by atoms with van der Waals surface area (Å²) in [7, 11) is 0. The summed E-state index contributed by atoms with van der Waals surface area (Å²) in [6, 6.07) is 22.5. The number of aliphatic hydroxyl groups excluding tert-OH is 1. The van der Waals surface area contributed by atoms with Gasteiger partial charge >= 0.3 is 0 Å².